The second-order valence-corrected chi connectivity index (χ2v) is 3.26. The number of hydrogen-bond acceptors (Lipinski definition) is 4. The molecule has 2 rings (SSSR count). The summed E-state index contributed by atoms with van der Waals surface area (Å²) in [6.07, 6.45) is 2.59. The summed E-state index contributed by atoms with van der Waals surface area (Å²) in [7, 11) is 0. The second kappa shape index (κ2) is 4.53. The molecule has 4 nitrogen and oxygen atoms in total. The van der Waals surface area contributed by atoms with Gasteiger partial charge in [-0.05, 0) is 30.7 Å². The summed E-state index contributed by atoms with van der Waals surface area (Å²) in [5.41, 5.74) is 1.64. The number of nitrogens with zero attached hydrogens (tertiary/aromatic N) is 2. The van der Waals surface area contributed by atoms with Crippen molar-refractivity contribution in [2.24, 2.45) is 9.98 Å². The Balaban J connectivity index is 2.22. The van der Waals surface area contributed by atoms with E-state index in [1.807, 2.05) is 12.1 Å². The standard InChI is InChI=1S/C11H11N3O/c15-8-14-10-4-2-9(3-5-10)11-12-6-1-7-13-11/h2-5H,1,6-7H2,(H,12,13). The van der Waals surface area contributed by atoms with E-state index in [1.54, 1.807) is 12.1 Å². The van der Waals surface area contributed by atoms with Gasteiger partial charge in [0.2, 0.25) is 6.08 Å². The fraction of sp³-hybridized carbons (Fsp3) is 0.273. The maximum atomic E-state index is 10.0. The van der Waals surface area contributed by atoms with Gasteiger partial charge >= 0.3 is 0 Å². The molecule has 0 bridgehead atoms. The fourth-order valence-electron chi connectivity index (χ4n) is 1.47. The molecule has 0 atom stereocenters. The Hall–Kier alpha value is -1.93. The fourth-order valence-corrected chi connectivity index (χ4v) is 1.47. The van der Waals surface area contributed by atoms with Crippen LogP contribution in [0, 0.1) is 0 Å². The van der Waals surface area contributed by atoms with Crippen LogP contribution in [0.2, 0.25) is 0 Å². The van der Waals surface area contributed by atoms with E-state index in [9.17, 15) is 4.79 Å². The molecule has 0 fully saturated rings. The lowest BCUT2D eigenvalue weighted by molar-refractivity contribution is 0.565. The maximum absolute atomic E-state index is 10.0. The van der Waals surface area contributed by atoms with Crippen LogP contribution in [0.3, 0.4) is 0 Å². The van der Waals surface area contributed by atoms with Crippen molar-refractivity contribution in [3.8, 4) is 0 Å². The van der Waals surface area contributed by atoms with Gasteiger partial charge in [0.25, 0.3) is 0 Å². The normalized spacial score (nSPS) is 14.8. The lowest BCUT2D eigenvalue weighted by Crippen LogP contribution is -2.29. The Morgan fingerprint density at radius 3 is 2.73 bits per heavy atom. The van der Waals surface area contributed by atoms with Gasteiger partial charge in [0.1, 0.15) is 5.84 Å². The molecule has 1 N–H and O–H groups in total. The number of isocyanates is 1. The van der Waals surface area contributed by atoms with Gasteiger partial charge in [-0.3, -0.25) is 4.99 Å². The van der Waals surface area contributed by atoms with E-state index in [2.05, 4.69) is 15.3 Å². The average molecular weight is 201 g/mol. The van der Waals surface area contributed by atoms with E-state index in [0.29, 0.717) is 5.69 Å². The molecule has 0 saturated carbocycles. The number of aliphatic imine (C=N–C) groups is 2. The van der Waals surface area contributed by atoms with Crippen LogP contribution < -0.4 is 5.32 Å². The monoisotopic (exact) mass is 201 g/mol. The van der Waals surface area contributed by atoms with Gasteiger partial charge in [-0.25, -0.2) is 4.79 Å². The maximum Gasteiger partial charge on any atom is 0.240 e. The van der Waals surface area contributed by atoms with Crippen LogP contribution >= 0.6 is 0 Å². The first-order valence-corrected chi connectivity index (χ1v) is 4.87. The third-order valence-corrected chi connectivity index (χ3v) is 2.21. The smallest absolute Gasteiger partial charge is 0.240 e. The van der Waals surface area contributed by atoms with Crippen LogP contribution in [-0.2, 0) is 4.79 Å². The summed E-state index contributed by atoms with van der Waals surface area (Å²) >= 11 is 0. The highest BCUT2D eigenvalue weighted by molar-refractivity contribution is 5.99. The molecule has 0 saturated heterocycles. The number of hydrogen-bond donors (Lipinski definition) is 1. The lowest BCUT2D eigenvalue weighted by Gasteiger charge is -2.14. The van der Waals surface area contributed by atoms with Gasteiger partial charge < -0.3 is 5.32 Å². The lowest BCUT2D eigenvalue weighted by atomic mass is 10.1. The molecule has 1 aliphatic heterocycles. The summed E-state index contributed by atoms with van der Waals surface area (Å²) in [4.78, 5) is 17.9. The molecule has 0 aromatic heterocycles. The summed E-state index contributed by atoms with van der Waals surface area (Å²) in [5, 5.41) is 3.23. The molecule has 1 aliphatic rings. The largest absolute Gasteiger partial charge is 0.370 e. The molecule has 0 aliphatic carbocycles. The average Bonchev–Trinajstić information content (AvgIpc) is 2.32. The molecular formula is C11H11N3O. The van der Waals surface area contributed by atoms with Crippen LogP contribution in [0.5, 0.6) is 0 Å². The highest BCUT2D eigenvalue weighted by Crippen LogP contribution is 2.12. The van der Waals surface area contributed by atoms with E-state index in [1.165, 1.54) is 6.08 Å². The number of nitrogens with one attached hydrogen (secondary N) is 1. The van der Waals surface area contributed by atoms with E-state index < -0.39 is 0 Å². The SMILES string of the molecule is O=C=Nc1ccc(C2=NCCCN2)cc1. The molecule has 1 aromatic rings. The van der Waals surface area contributed by atoms with Crippen molar-refractivity contribution in [3.63, 3.8) is 0 Å². The Kier molecular flexibility index (Phi) is 2.90. The van der Waals surface area contributed by atoms with Crippen molar-refractivity contribution in [3.05, 3.63) is 29.8 Å². The van der Waals surface area contributed by atoms with Crippen molar-refractivity contribution in [2.45, 2.75) is 6.42 Å². The molecule has 0 amide bonds. The summed E-state index contributed by atoms with van der Waals surface area (Å²) in [5.74, 6) is 0.919. The molecule has 15 heavy (non-hydrogen) atoms. The van der Waals surface area contributed by atoms with Crippen LogP contribution in [0.25, 0.3) is 0 Å². The molecular weight excluding hydrogens is 190 g/mol. The Labute approximate surface area is 87.8 Å². The van der Waals surface area contributed by atoms with Gasteiger partial charge in [-0.15, -0.1) is 0 Å². The molecule has 0 unspecified atom stereocenters. The minimum atomic E-state index is 0.616. The first kappa shape index (κ1) is 9.62. The second-order valence-electron chi connectivity index (χ2n) is 3.26. The van der Waals surface area contributed by atoms with E-state index >= 15 is 0 Å². The summed E-state index contributed by atoms with van der Waals surface area (Å²) in [6, 6.07) is 7.35. The number of benzene rings is 1. The van der Waals surface area contributed by atoms with Crippen molar-refractivity contribution in [2.75, 3.05) is 13.1 Å². The Bertz CT molecular complexity index is 416. The van der Waals surface area contributed by atoms with E-state index in [0.717, 1.165) is 30.9 Å². The Morgan fingerprint density at radius 2 is 2.13 bits per heavy atom. The number of amidine groups is 1. The molecule has 4 heteroatoms. The minimum Gasteiger partial charge on any atom is -0.370 e. The highest BCUT2D eigenvalue weighted by atomic mass is 16.1. The van der Waals surface area contributed by atoms with Crippen LogP contribution in [0.4, 0.5) is 5.69 Å². The quantitative estimate of drug-likeness (QED) is 0.580. The van der Waals surface area contributed by atoms with Gasteiger partial charge in [-0.1, -0.05) is 0 Å². The molecule has 1 aromatic carbocycles. The molecule has 0 radical (unpaired) electrons. The van der Waals surface area contributed by atoms with Gasteiger partial charge in [0.05, 0.1) is 5.69 Å². The predicted octanol–water partition coefficient (Wildman–Crippen LogP) is 1.39. The number of carbonyl (C=O) groups excluding carboxylic acids is 1. The first-order valence-electron chi connectivity index (χ1n) is 4.87. The number of rotatable bonds is 2. The van der Waals surface area contributed by atoms with Crippen molar-refractivity contribution in [1.29, 1.82) is 0 Å². The third kappa shape index (κ3) is 2.30. The highest BCUT2D eigenvalue weighted by Gasteiger charge is 2.05. The third-order valence-electron chi connectivity index (χ3n) is 2.21. The zero-order chi connectivity index (χ0) is 10.5. The molecule has 1 heterocycles. The van der Waals surface area contributed by atoms with Crippen molar-refractivity contribution < 1.29 is 4.79 Å². The summed E-state index contributed by atoms with van der Waals surface area (Å²) < 4.78 is 0. The molecule has 0 spiro atoms. The zero-order valence-corrected chi connectivity index (χ0v) is 8.23. The zero-order valence-electron chi connectivity index (χ0n) is 8.23. The van der Waals surface area contributed by atoms with Crippen molar-refractivity contribution in [1.82, 2.24) is 5.32 Å². The van der Waals surface area contributed by atoms with E-state index in [-0.39, 0.29) is 0 Å². The van der Waals surface area contributed by atoms with Crippen LogP contribution in [0.15, 0.2) is 34.3 Å². The van der Waals surface area contributed by atoms with Crippen LogP contribution in [-0.4, -0.2) is 25.0 Å². The van der Waals surface area contributed by atoms with Gasteiger partial charge in [0, 0.05) is 18.7 Å². The van der Waals surface area contributed by atoms with E-state index in [4.69, 9.17) is 0 Å². The van der Waals surface area contributed by atoms with Crippen molar-refractivity contribution >= 4 is 17.6 Å². The minimum absolute atomic E-state index is 0.616. The first-order chi connectivity index (χ1) is 7.40. The molecule has 76 valence electrons. The van der Waals surface area contributed by atoms with Gasteiger partial charge in [0.15, 0.2) is 0 Å². The topological polar surface area (TPSA) is 53.8 Å². The van der Waals surface area contributed by atoms with Crippen LogP contribution in [0.1, 0.15) is 12.0 Å². The van der Waals surface area contributed by atoms with Gasteiger partial charge in [-0.2, -0.15) is 4.99 Å². The Morgan fingerprint density at radius 1 is 1.33 bits per heavy atom. The predicted molar refractivity (Wildman–Crippen MR) is 58.2 cm³/mol. The summed E-state index contributed by atoms with van der Waals surface area (Å²) in [6.45, 7) is 1.84.